The van der Waals surface area contributed by atoms with Crippen molar-refractivity contribution in [3.63, 3.8) is 0 Å². The SMILES string of the molecule is COc1ccc(Nc2nc3sccn3c2[N+](=O)[O-])cc1NC(C)=O. The van der Waals surface area contributed by atoms with Gasteiger partial charge < -0.3 is 25.5 Å². The summed E-state index contributed by atoms with van der Waals surface area (Å²) in [5.74, 6) is 0.212. The fourth-order valence-electron chi connectivity index (χ4n) is 2.24. The number of anilines is 3. The Morgan fingerprint density at radius 2 is 2.25 bits per heavy atom. The average molecular weight is 347 g/mol. The molecule has 0 saturated carbocycles. The normalized spacial score (nSPS) is 10.6. The Balaban J connectivity index is 1.99. The monoisotopic (exact) mass is 347 g/mol. The molecule has 0 aliphatic heterocycles. The van der Waals surface area contributed by atoms with E-state index in [1.807, 2.05) is 0 Å². The van der Waals surface area contributed by atoms with Crippen LogP contribution in [0.4, 0.5) is 23.0 Å². The standard InChI is InChI=1S/C14H13N5O4S/c1-8(20)15-10-7-9(3-4-11(10)23-2)16-12-13(19(21)22)18-5-6-24-14(18)17-12/h3-7,16H,1-2H3,(H,15,20). The summed E-state index contributed by atoms with van der Waals surface area (Å²) in [5.41, 5.74) is 0.993. The molecule has 0 aliphatic rings. The van der Waals surface area contributed by atoms with Crippen LogP contribution in [0.5, 0.6) is 5.75 Å². The molecule has 0 radical (unpaired) electrons. The smallest absolute Gasteiger partial charge is 0.373 e. The predicted octanol–water partition coefficient (Wildman–Crippen LogP) is 3.01. The van der Waals surface area contributed by atoms with E-state index in [0.717, 1.165) is 0 Å². The second-order valence-electron chi connectivity index (χ2n) is 4.82. The minimum absolute atomic E-state index is 0.130. The average Bonchev–Trinajstić information content (AvgIpc) is 3.06. The van der Waals surface area contributed by atoms with Crippen LogP contribution in [0.2, 0.25) is 0 Å². The third kappa shape index (κ3) is 2.86. The number of aromatic nitrogens is 2. The lowest BCUT2D eigenvalue weighted by Gasteiger charge is -2.11. The first kappa shape index (κ1) is 15.7. The Kier molecular flexibility index (Phi) is 4.04. The maximum absolute atomic E-state index is 11.3. The maximum atomic E-state index is 11.3. The van der Waals surface area contributed by atoms with E-state index in [-0.39, 0.29) is 17.5 Å². The van der Waals surface area contributed by atoms with Crippen molar-refractivity contribution in [3.05, 3.63) is 39.9 Å². The number of hydrogen-bond donors (Lipinski definition) is 2. The zero-order valence-corrected chi connectivity index (χ0v) is 13.6. The van der Waals surface area contributed by atoms with E-state index in [0.29, 0.717) is 22.1 Å². The van der Waals surface area contributed by atoms with E-state index in [2.05, 4.69) is 15.6 Å². The second kappa shape index (κ2) is 6.16. The van der Waals surface area contributed by atoms with Gasteiger partial charge in [0, 0.05) is 18.0 Å². The zero-order chi connectivity index (χ0) is 17.3. The van der Waals surface area contributed by atoms with Gasteiger partial charge in [-0.25, -0.2) is 0 Å². The van der Waals surface area contributed by atoms with Crippen LogP contribution in [0, 0.1) is 10.1 Å². The van der Waals surface area contributed by atoms with E-state index in [1.165, 1.54) is 29.8 Å². The van der Waals surface area contributed by atoms with Crippen LogP contribution in [0.15, 0.2) is 29.8 Å². The first-order chi connectivity index (χ1) is 11.5. The summed E-state index contributed by atoms with van der Waals surface area (Å²) < 4.78 is 6.59. The van der Waals surface area contributed by atoms with Gasteiger partial charge in [0.2, 0.25) is 11.7 Å². The summed E-state index contributed by atoms with van der Waals surface area (Å²) in [5, 5.41) is 18.6. The van der Waals surface area contributed by atoms with Gasteiger partial charge in [0.05, 0.1) is 12.8 Å². The minimum Gasteiger partial charge on any atom is -0.495 e. The molecule has 3 rings (SSSR count). The van der Waals surface area contributed by atoms with Gasteiger partial charge in [-0.2, -0.15) is 9.38 Å². The molecule has 0 saturated heterocycles. The molecule has 0 unspecified atom stereocenters. The Morgan fingerprint density at radius 3 is 2.92 bits per heavy atom. The van der Waals surface area contributed by atoms with Gasteiger partial charge in [-0.15, -0.1) is 0 Å². The third-order valence-electron chi connectivity index (χ3n) is 3.18. The van der Waals surface area contributed by atoms with E-state index >= 15 is 0 Å². The molecule has 0 atom stereocenters. The summed E-state index contributed by atoms with van der Waals surface area (Å²) in [4.78, 5) is 26.9. The van der Waals surface area contributed by atoms with Gasteiger partial charge in [-0.1, -0.05) is 11.3 Å². The number of hydrogen-bond acceptors (Lipinski definition) is 7. The number of amides is 1. The highest BCUT2D eigenvalue weighted by Gasteiger charge is 2.23. The number of carbonyl (C=O) groups is 1. The topological polar surface area (TPSA) is 111 Å². The summed E-state index contributed by atoms with van der Waals surface area (Å²) in [6.45, 7) is 1.38. The van der Waals surface area contributed by atoms with Gasteiger partial charge in [0.25, 0.3) is 4.96 Å². The zero-order valence-electron chi connectivity index (χ0n) is 12.8. The van der Waals surface area contributed by atoms with Crippen molar-refractivity contribution >= 4 is 45.2 Å². The molecule has 124 valence electrons. The molecule has 0 fully saturated rings. The number of nitrogens with zero attached hydrogens (tertiary/aromatic N) is 3. The highest BCUT2D eigenvalue weighted by Crippen LogP contribution is 2.33. The van der Waals surface area contributed by atoms with Gasteiger partial charge in [-0.3, -0.25) is 4.79 Å². The fourth-order valence-corrected chi connectivity index (χ4v) is 2.95. The van der Waals surface area contributed by atoms with E-state index in [1.54, 1.807) is 29.8 Å². The molecule has 0 aliphatic carbocycles. The van der Waals surface area contributed by atoms with Gasteiger partial charge in [-0.05, 0) is 23.1 Å². The van der Waals surface area contributed by atoms with Crippen molar-refractivity contribution in [2.75, 3.05) is 17.7 Å². The van der Waals surface area contributed by atoms with Crippen molar-refractivity contribution in [2.24, 2.45) is 0 Å². The molecule has 3 aromatic rings. The molecule has 2 heterocycles. The second-order valence-corrected chi connectivity index (χ2v) is 5.69. The molecular formula is C14H13N5O4S. The van der Waals surface area contributed by atoms with E-state index < -0.39 is 4.92 Å². The van der Waals surface area contributed by atoms with Gasteiger partial charge in [0.15, 0.2) is 0 Å². The number of nitrogens with one attached hydrogen (secondary N) is 2. The van der Waals surface area contributed by atoms with E-state index in [4.69, 9.17) is 4.74 Å². The molecule has 1 aromatic carbocycles. The molecule has 1 amide bonds. The molecule has 10 heteroatoms. The van der Waals surface area contributed by atoms with Crippen LogP contribution in [0.3, 0.4) is 0 Å². The van der Waals surface area contributed by atoms with Gasteiger partial charge >= 0.3 is 5.82 Å². The van der Waals surface area contributed by atoms with Crippen molar-refractivity contribution in [3.8, 4) is 5.75 Å². The van der Waals surface area contributed by atoms with Crippen LogP contribution >= 0.6 is 11.3 Å². The van der Waals surface area contributed by atoms with Crippen LogP contribution in [0.1, 0.15) is 6.92 Å². The summed E-state index contributed by atoms with van der Waals surface area (Å²) in [6.07, 6.45) is 1.59. The van der Waals surface area contributed by atoms with Gasteiger partial charge in [0.1, 0.15) is 11.9 Å². The van der Waals surface area contributed by atoms with Crippen LogP contribution in [0.25, 0.3) is 4.96 Å². The number of carbonyl (C=O) groups excluding carboxylic acids is 1. The van der Waals surface area contributed by atoms with Crippen molar-refractivity contribution in [2.45, 2.75) is 6.92 Å². The molecule has 0 bridgehead atoms. The lowest BCUT2D eigenvalue weighted by atomic mass is 10.2. The Hall–Kier alpha value is -3.14. The van der Waals surface area contributed by atoms with Crippen LogP contribution in [-0.4, -0.2) is 27.3 Å². The molecular weight excluding hydrogens is 334 g/mol. The summed E-state index contributed by atoms with van der Waals surface area (Å²) in [7, 11) is 1.49. The number of thiazole rings is 1. The number of ether oxygens (including phenoxy) is 1. The van der Waals surface area contributed by atoms with Crippen LogP contribution in [-0.2, 0) is 4.79 Å². The maximum Gasteiger partial charge on any atom is 0.373 e. The van der Waals surface area contributed by atoms with Crippen molar-refractivity contribution in [1.29, 1.82) is 0 Å². The Labute approximate surface area is 140 Å². The van der Waals surface area contributed by atoms with Crippen molar-refractivity contribution in [1.82, 2.24) is 9.38 Å². The summed E-state index contributed by atoms with van der Waals surface area (Å²) >= 11 is 1.30. The number of rotatable bonds is 5. The third-order valence-corrected chi connectivity index (χ3v) is 3.94. The Bertz CT molecular complexity index is 933. The Morgan fingerprint density at radius 1 is 1.46 bits per heavy atom. The lowest BCUT2D eigenvalue weighted by Crippen LogP contribution is -2.07. The highest BCUT2D eigenvalue weighted by molar-refractivity contribution is 7.15. The number of imidazole rings is 1. The van der Waals surface area contributed by atoms with Crippen molar-refractivity contribution < 1.29 is 14.5 Å². The fraction of sp³-hybridized carbons (Fsp3) is 0.143. The first-order valence-corrected chi connectivity index (χ1v) is 7.70. The predicted molar refractivity (Wildman–Crippen MR) is 90.3 cm³/mol. The minimum atomic E-state index is -0.493. The first-order valence-electron chi connectivity index (χ1n) is 6.82. The number of benzene rings is 1. The largest absolute Gasteiger partial charge is 0.495 e. The molecule has 2 aromatic heterocycles. The molecule has 9 nitrogen and oxygen atoms in total. The highest BCUT2D eigenvalue weighted by atomic mass is 32.1. The number of methoxy groups -OCH3 is 1. The number of fused-ring (bicyclic) bond motifs is 1. The lowest BCUT2D eigenvalue weighted by molar-refractivity contribution is -0.389. The quantitative estimate of drug-likeness (QED) is 0.542. The van der Waals surface area contributed by atoms with Crippen LogP contribution < -0.4 is 15.4 Å². The summed E-state index contributed by atoms with van der Waals surface area (Å²) in [6, 6.07) is 4.95. The molecule has 0 spiro atoms. The van der Waals surface area contributed by atoms with E-state index in [9.17, 15) is 14.9 Å². The molecule has 2 N–H and O–H groups in total. The molecule has 24 heavy (non-hydrogen) atoms. The number of nitro groups is 1.